The quantitative estimate of drug-likeness (QED) is 0.696. The topological polar surface area (TPSA) is 62.6 Å². The molecule has 1 saturated heterocycles. The van der Waals surface area contributed by atoms with Gasteiger partial charge in [0.1, 0.15) is 18.0 Å². The Hall–Kier alpha value is -3.06. The molecule has 0 aliphatic carbocycles. The Morgan fingerprint density at radius 3 is 2.59 bits per heavy atom. The standard InChI is InChI=1S/C22H27N5O2/c1-25(2)19-6-3-17(4-7-19)15-23-21(28)16-27-10-9-18-5-8-20(24-22(18)27)26-11-13-29-14-12-26/h3-10H,11-16H2,1-2H3,(H,23,28). The van der Waals surface area contributed by atoms with Gasteiger partial charge in [0, 0.05) is 51.0 Å². The number of carbonyl (C=O) groups excluding carboxylic acids is 1. The summed E-state index contributed by atoms with van der Waals surface area (Å²) in [6.45, 7) is 3.88. The van der Waals surface area contributed by atoms with Gasteiger partial charge in [-0.2, -0.15) is 0 Å². The largest absolute Gasteiger partial charge is 0.378 e. The molecule has 0 unspecified atom stereocenters. The van der Waals surface area contributed by atoms with Crippen molar-refractivity contribution in [2.45, 2.75) is 13.1 Å². The summed E-state index contributed by atoms with van der Waals surface area (Å²) in [5, 5.41) is 4.04. The highest BCUT2D eigenvalue weighted by Crippen LogP contribution is 2.20. The second-order valence-corrected chi connectivity index (χ2v) is 7.46. The van der Waals surface area contributed by atoms with Gasteiger partial charge in [0.05, 0.1) is 13.2 Å². The van der Waals surface area contributed by atoms with Crippen LogP contribution in [-0.2, 0) is 22.6 Å². The second kappa shape index (κ2) is 8.53. The third-order valence-corrected chi connectivity index (χ3v) is 5.19. The summed E-state index contributed by atoms with van der Waals surface area (Å²) in [5.41, 5.74) is 3.05. The monoisotopic (exact) mass is 393 g/mol. The first-order valence-corrected chi connectivity index (χ1v) is 9.92. The van der Waals surface area contributed by atoms with Gasteiger partial charge in [0.25, 0.3) is 0 Å². The van der Waals surface area contributed by atoms with Crippen LogP contribution in [0.25, 0.3) is 11.0 Å². The minimum Gasteiger partial charge on any atom is -0.378 e. The van der Waals surface area contributed by atoms with Gasteiger partial charge in [0.2, 0.25) is 5.91 Å². The van der Waals surface area contributed by atoms with Crippen molar-refractivity contribution in [3.8, 4) is 0 Å². The molecule has 1 N–H and O–H groups in total. The highest BCUT2D eigenvalue weighted by Gasteiger charge is 2.14. The Labute approximate surface area is 170 Å². The predicted molar refractivity (Wildman–Crippen MR) is 115 cm³/mol. The fourth-order valence-corrected chi connectivity index (χ4v) is 3.47. The average Bonchev–Trinajstić information content (AvgIpc) is 3.15. The van der Waals surface area contributed by atoms with Crippen LogP contribution in [-0.4, -0.2) is 55.9 Å². The van der Waals surface area contributed by atoms with Crippen molar-refractivity contribution in [3.63, 3.8) is 0 Å². The van der Waals surface area contributed by atoms with Crippen LogP contribution in [0.2, 0.25) is 0 Å². The average molecular weight is 393 g/mol. The lowest BCUT2D eigenvalue weighted by molar-refractivity contribution is -0.121. The van der Waals surface area contributed by atoms with Gasteiger partial charge in [-0.1, -0.05) is 12.1 Å². The third-order valence-electron chi connectivity index (χ3n) is 5.19. The molecule has 0 spiro atoms. The molecule has 0 bridgehead atoms. The zero-order valence-corrected chi connectivity index (χ0v) is 17.0. The fraction of sp³-hybridized carbons (Fsp3) is 0.364. The van der Waals surface area contributed by atoms with Crippen LogP contribution in [0.15, 0.2) is 48.7 Å². The maximum Gasteiger partial charge on any atom is 0.240 e. The first kappa shape index (κ1) is 19.3. The lowest BCUT2D eigenvalue weighted by Gasteiger charge is -2.27. The Morgan fingerprint density at radius 2 is 1.86 bits per heavy atom. The van der Waals surface area contributed by atoms with Crippen LogP contribution in [0.5, 0.6) is 0 Å². The van der Waals surface area contributed by atoms with Crippen molar-refractivity contribution in [1.82, 2.24) is 14.9 Å². The number of rotatable bonds is 6. The summed E-state index contributed by atoms with van der Waals surface area (Å²) in [6, 6.07) is 14.3. The number of benzene rings is 1. The number of pyridine rings is 1. The van der Waals surface area contributed by atoms with E-state index in [0.29, 0.717) is 6.54 Å². The highest BCUT2D eigenvalue weighted by atomic mass is 16.5. The van der Waals surface area contributed by atoms with E-state index in [1.807, 2.05) is 49.1 Å². The number of morpholine rings is 1. The molecule has 1 amide bonds. The van der Waals surface area contributed by atoms with Crippen molar-refractivity contribution < 1.29 is 9.53 Å². The molecule has 7 nitrogen and oxygen atoms in total. The van der Waals surface area contributed by atoms with Gasteiger partial charge in [-0.05, 0) is 35.9 Å². The van der Waals surface area contributed by atoms with Crippen LogP contribution in [0.3, 0.4) is 0 Å². The molecule has 4 rings (SSSR count). The Morgan fingerprint density at radius 1 is 1.10 bits per heavy atom. The Bertz CT molecular complexity index is 975. The van der Waals surface area contributed by atoms with E-state index in [2.05, 4.69) is 33.3 Å². The zero-order chi connectivity index (χ0) is 20.2. The van der Waals surface area contributed by atoms with Gasteiger partial charge < -0.3 is 24.4 Å². The van der Waals surface area contributed by atoms with Crippen LogP contribution < -0.4 is 15.1 Å². The molecule has 1 aliphatic rings. The van der Waals surface area contributed by atoms with Crippen molar-refractivity contribution in [3.05, 3.63) is 54.2 Å². The molecule has 0 saturated carbocycles. The molecule has 152 valence electrons. The predicted octanol–water partition coefficient (Wildman–Crippen LogP) is 2.26. The minimum atomic E-state index is -0.0299. The summed E-state index contributed by atoms with van der Waals surface area (Å²) in [4.78, 5) is 21.6. The van der Waals surface area contributed by atoms with Crippen LogP contribution >= 0.6 is 0 Å². The fourth-order valence-electron chi connectivity index (χ4n) is 3.47. The smallest absolute Gasteiger partial charge is 0.240 e. The van der Waals surface area contributed by atoms with Gasteiger partial charge in [0.15, 0.2) is 0 Å². The lowest BCUT2D eigenvalue weighted by atomic mass is 10.2. The van der Waals surface area contributed by atoms with Crippen molar-refractivity contribution in [2.24, 2.45) is 0 Å². The van der Waals surface area contributed by atoms with Crippen LogP contribution in [0, 0.1) is 0 Å². The van der Waals surface area contributed by atoms with E-state index in [1.54, 1.807) is 0 Å². The second-order valence-electron chi connectivity index (χ2n) is 7.46. The van der Waals surface area contributed by atoms with Gasteiger partial charge >= 0.3 is 0 Å². The Balaban J connectivity index is 1.40. The third kappa shape index (κ3) is 4.51. The van der Waals surface area contributed by atoms with E-state index in [9.17, 15) is 4.79 Å². The summed E-state index contributed by atoms with van der Waals surface area (Å²) in [5.74, 6) is 0.903. The van der Waals surface area contributed by atoms with E-state index in [1.165, 1.54) is 0 Å². The van der Waals surface area contributed by atoms with Gasteiger partial charge in [-0.3, -0.25) is 4.79 Å². The van der Waals surface area contributed by atoms with Gasteiger partial charge in [-0.15, -0.1) is 0 Å². The molecule has 3 heterocycles. The molecular weight excluding hydrogens is 366 g/mol. The zero-order valence-electron chi connectivity index (χ0n) is 17.0. The summed E-state index contributed by atoms with van der Waals surface area (Å²) < 4.78 is 7.33. The number of anilines is 2. The SMILES string of the molecule is CN(C)c1ccc(CNC(=O)Cn2ccc3ccc(N4CCOCC4)nc32)cc1. The van der Waals surface area contributed by atoms with Crippen molar-refractivity contribution in [2.75, 3.05) is 50.2 Å². The molecule has 7 heteroatoms. The first-order chi connectivity index (χ1) is 14.1. The molecule has 0 atom stereocenters. The summed E-state index contributed by atoms with van der Waals surface area (Å²) in [7, 11) is 4.02. The van der Waals surface area contributed by atoms with Gasteiger partial charge in [-0.25, -0.2) is 4.98 Å². The number of ether oxygens (including phenoxy) is 1. The van der Waals surface area contributed by atoms with Crippen LogP contribution in [0.1, 0.15) is 5.56 Å². The maximum absolute atomic E-state index is 12.5. The molecule has 2 aromatic heterocycles. The minimum absolute atomic E-state index is 0.0299. The first-order valence-electron chi connectivity index (χ1n) is 9.92. The molecule has 3 aromatic rings. The van der Waals surface area contributed by atoms with E-state index < -0.39 is 0 Å². The van der Waals surface area contributed by atoms with Crippen LogP contribution in [0.4, 0.5) is 11.5 Å². The number of carbonyl (C=O) groups is 1. The van der Waals surface area contributed by atoms with Crippen molar-refractivity contribution in [1.29, 1.82) is 0 Å². The summed E-state index contributed by atoms with van der Waals surface area (Å²) >= 11 is 0. The van der Waals surface area contributed by atoms with Crippen molar-refractivity contribution >= 4 is 28.4 Å². The number of aromatic nitrogens is 2. The lowest BCUT2D eigenvalue weighted by Crippen LogP contribution is -2.36. The van der Waals surface area contributed by atoms with E-state index in [-0.39, 0.29) is 12.5 Å². The number of nitrogens with one attached hydrogen (secondary N) is 1. The highest BCUT2D eigenvalue weighted by molar-refractivity contribution is 5.82. The van der Waals surface area contributed by atoms with E-state index in [0.717, 1.165) is 54.4 Å². The number of hydrogen-bond donors (Lipinski definition) is 1. The maximum atomic E-state index is 12.5. The van der Waals surface area contributed by atoms with E-state index in [4.69, 9.17) is 9.72 Å². The molecule has 0 radical (unpaired) electrons. The molecule has 1 aromatic carbocycles. The Kier molecular flexibility index (Phi) is 5.67. The number of fused-ring (bicyclic) bond motifs is 1. The summed E-state index contributed by atoms with van der Waals surface area (Å²) in [6.07, 6.45) is 1.92. The number of nitrogens with zero attached hydrogens (tertiary/aromatic N) is 4. The van der Waals surface area contributed by atoms with E-state index >= 15 is 0 Å². The molecule has 1 aliphatic heterocycles. The number of amides is 1. The molecular formula is C22H27N5O2. The molecule has 29 heavy (non-hydrogen) atoms. The normalized spacial score (nSPS) is 14.2. The number of hydrogen-bond acceptors (Lipinski definition) is 5. The molecule has 1 fully saturated rings.